The standard InChI is InChI=1S/C19H17N3O5S/c1-11(17(24)22-19(26)20-13-5-3-2-4-6-13)27-18(25)12-7-8-15-14(9-12)21-16(23)10-28-15/h2-9,11H,10H2,1H3,(H,21,23)(H2,20,22,24,26). The fourth-order valence-corrected chi connectivity index (χ4v) is 3.18. The Labute approximate surface area is 165 Å². The van der Waals surface area contributed by atoms with Gasteiger partial charge in [0.05, 0.1) is 17.0 Å². The Hall–Kier alpha value is -3.33. The highest BCUT2D eigenvalue weighted by Crippen LogP contribution is 2.32. The maximum atomic E-state index is 12.3. The molecule has 2 aromatic carbocycles. The summed E-state index contributed by atoms with van der Waals surface area (Å²) in [5, 5.41) is 7.29. The molecule has 1 aliphatic heterocycles. The van der Waals surface area contributed by atoms with Gasteiger partial charge in [0.15, 0.2) is 6.10 Å². The van der Waals surface area contributed by atoms with Crippen LogP contribution in [0.3, 0.4) is 0 Å². The van der Waals surface area contributed by atoms with Gasteiger partial charge < -0.3 is 15.4 Å². The SMILES string of the molecule is CC(OC(=O)c1ccc2c(c1)NC(=O)CS2)C(=O)NC(=O)Nc1ccccc1. The quantitative estimate of drug-likeness (QED) is 0.681. The minimum Gasteiger partial charge on any atom is -0.449 e. The van der Waals surface area contributed by atoms with Gasteiger partial charge in [-0.2, -0.15) is 0 Å². The Balaban J connectivity index is 1.56. The van der Waals surface area contributed by atoms with Gasteiger partial charge in [0.2, 0.25) is 5.91 Å². The summed E-state index contributed by atoms with van der Waals surface area (Å²) in [7, 11) is 0. The predicted molar refractivity (Wildman–Crippen MR) is 104 cm³/mol. The number of urea groups is 1. The molecule has 1 unspecified atom stereocenters. The second-order valence-electron chi connectivity index (χ2n) is 5.90. The predicted octanol–water partition coefficient (Wildman–Crippen LogP) is 2.62. The van der Waals surface area contributed by atoms with Crippen molar-refractivity contribution < 1.29 is 23.9 Å². The van der Waals surface area contributed by atoms with Crippen molar-refractivity contribution in [2.75, 3.05) is 16.4 Å². The molecule has 2 aromatic rings. The van der Waals surface area contributed by atoms with Gasteiger partial charge in [-0.05, 0) is 37.3 Å². The summed E-state index contributed by atoms with van der Waals surface area (Å²) in [5.41, 5.74) is 1.23. The first-order valence-corrected chi connectivity index (χ1v) is 9.35. The van der Waals surface area contributed by atoms with Crippen molar-refractivity contribution in [2.24, 2.45) is 0 Å². The van der Waals surface area contributed by atoms with E-state index in [1.54, 1.807) is 42.5 Å². The van der Waals surface area contributed by atoms with Gasteiger partial charge in [0.1, 0.15) is 0 Å². The largest absolute Gasteiger partial charge is 0.449 e. The molecule has 0 bridgehead atoms. The average Bonchev–Trinajstić information content (AvgIpc) is 2.67. The van der Waals surface area contributed by atoms with Gasteiger partial charge in [-0.1, -0.05) is 18.2 Å². The molecule has 0 saturated heterocycles. The molecule has 9 heteroatoms. The summed E-state index contributed by atoms with van der Waals surface area (Å²) in [6.45, 7) is 1.36. The Bertz CT molecular complexity index is 932. The highest BCUT2D eigenvalue weighted by Gasteiger charge is 2.23. The normalized spacial score (nSPS) is 13.5. The number of amides is 4. The monoisotopic (exact) mass is 399 g/mol. The van der Waals surface area contributed by atoms with E-state index in [0.29, 0.717) is 17.1 Å². The second kappa shape index (κ2) is 8.57. The van der Waals surface area contributed by atoms with E-state index in [2.05, 4.69) is 16.0 Å². The van der Waals surface area contributed by atoms with Crippen LogP contribution < -0.4 is 16.0 Å². The number of rotatable bonds is 4. The molecule has 3 N–H and O–H groups in total. The first-order valence-electron chi connectivity index (χ1n) is 8.37. The van der Waals surface area contributed by atoms with Crippen LogP contribution in [0.5, 0.6) is 0 Å². The molecule has 0 aliphatic carbocycles. The van der Waals surface area contributed by atoms with Crippen LogP contribution >= 0.6 is 11.8 Å². The molecular weight excluding hydrogens is 382 g/mol. The molecule has 144 valence electrons. The molecule has 0 spiro atoms. The number of hydrogen-bond donors (Lipinski definition) is 3. The number of fused-ring (bicyclic) bond motifs is 1. The van der Waals surface area contributed by atoms with E-state index in [4.69, 9.17) is 4.74 Å². The number of imide groups is 1. The van der Waals surface area contributed by atoms with Gasteiger partial charge in [0.25, 0.3) is 5.91 Å². The summed E-state index contributed by atoms with van der Waals surface area (Å²) in [5.74, 6) is -1.33. The van der Waals surface area contributed by atoms with E-state index in [1.165, 1.54) is 24.8 Å². The fraction of sp³-hybridized carbons (Fsp3) is 0.158. The molecule has 0 aromatic heterocycles. The van der Waals surface area contributed by atoms with Crippen LogP contribution in [0.15, 0.2) is 53.4 Å². The van der Waals surface area contributed by atoms with Crippen molar-refractivity contribution in [3.05, 3.63) is 54.1 Å². The van der Waals surface area contributed by atoms with Crippen molar-refractivity contribution in [1.29, 1.82) is 0 Å². The van der Waals surface area contributed by atoms with E-state index >= 15 is 0 Å². The van der Waals surface area contributed by atoms with Crippen LogP contribution in [0.1, 0.15) is 17.3 Å². The number of anilines is 2. The summed E-state index contributed by atoms with van der Waals surface area (Å²) >= 11 is 1.37. The molecule has 1 heterocycles. The molecule has 3 rings (SSSR count). The number of hydrogen-bond acceptors (Lipinski definition) is 6. The smallest absolute Gasteiger partial charge is 0.338 e. The first-order chi connectivity index (χ1) is 13.4. The van der Waals surface area contributed by atoms with Crippen LogP contribution in [-0.2, 0) is 14.3 Å². The minimum absolute atomic E-state index is 0.153. The molecule has 8 nitrogen and oxygen atoms in total. The van der Waals surface area contributed by atoms with E-state index < -0.39 is 24.0 Å². The van der Waals surface area contributed by atoms with Crippen LogP contribution in [0.2, 0.25) is 0 Å². The van der Waals surface area contributed by atoms with Crippen molar-refractivity contribution in [3.8, 4) is 0 Å². The molecule has 4 amide bonds. The number of nitrogens with one attached hydrogen (secondary N) is 3. The van der Waals surface area contributed by atoms with E-state index in [0.717, 1.165) is 4.90 Å². The topological polar surface area (TPSA) is 114 Å². The Morgan fingerprint density at radius 2 is 1.89 bits per heavy atom. The van der Waals surface area contributed by atoms with Crippen LogP contribution in [-0.4, -0.2) is 35.7 Å². The molecule has 0 fully saturated rings. The van der Waals surface area contributed by atoms with Crippen molar-refractivity contribution >= 4 is 47.0 Å². The summed E-state index contributed by atoms with van der Waals surface area (Å²) < 4.78 is 5.12. The molecule has 1 aliphatic rings. The number of benzene rings is 2. The Morgan fingerprint density at radius 3 is 2.64 bits per heavy atom. The van der Waals surface area contributed by atoms with E-state index in [9.17, 15) is 19.2 Å². The van der Waals surface area contributed by atoms with Gasteiger partial charge in [0, 0.05) is 10.6 Å². The Kier molecular flexibility index (Phi) is 5.95. The number of para-hydroxylation sites is 1. The second-order valence-corrected chi connectivity index (χ2v) is 6.92. The van der Waals surface area contributed by atoms with Gasteiger partial charge in [-0.25, -0.2) is 9.59 Å². The zero-order valence-electron chi connectivity index (χ0n) is 14.9. The number of esters is 1. The molecule has 0 radical (unpaired) electrons. The fourth-order valence-electron chi connectivity index (χ4n) is 2.39. The molecular formula is C19H17N3O5S. The lowest BCUT2D eigenvalue weighted by atomic mass is 10.2. The zero-order chi connectivity index (χ0) is 20.1. The van der Waals surface area contributed by atoms with Crippen LogP contribution in [0.25, 0.3) is 0 Å². The summed E-state index contributed by atoms with van der Waals surface area (Å²) in [6.07, 6.45) is -1.19. The molecule has 0 saturated carbocycles. The number of thioether (sulfide) groups is 1. The van der Waals surface area contributed by atoms with Crippen molar-refractivity contribution in [3.63, 3.8) is 0 Å². The first kappa shape index (κ1) is 19.4. The van der Waals surface area contributed by atoms with Crippen LogP contribution in [0, 0.1) is 0 Å². The lowest BCUT2D eigenvalue weighted by Crippen LogP contribution is -2.41. The third kappa shape index (κ3) is 4.89. The summed E-state index contributed by atoms with van der Waals surface area (Å²) in [4.78, 5) is 48.5. The molecule has 1 atom stereocenters. The van der Waals surface area contributed by atoms with Crippen LogP contribution in [0.4, 0.5) is 16.2 Å². The zero-order valence-corrected chi connectivity index (χ0v) is 15.7. The molecule has 28 heavy (non-hydrogen) atoms. The maximum absolute atomic E-state index is 12.3. The number of carbonyl (C=O) groups excluding carboxylic acids is 4. The third-order valence-corrected chi connectivity index (χ3v) is 4.84. The van der Waals surface area contributed by atoms with Gasteiger partial charge in [-0.15, -0.1) is 11.8 Å². The minimum atomic E-state index is -1.19. The number of carbonyl (C=O) groups is 4. The third-order valence-electron chi connectivity index (χ3n) is 3.77. The Morgan fingerprint density at radius 1 is 1.14 bits per heavy atom. The maximum Gasteiger partial charge on any atom is 0.338 e. The lowest BCUT2D eigenvalue weighted by molar-refractivity contribution is -0.127. The summed E-state index contributed by atoms with van der Waals surface area (Å²) in [6, 6.07) is 12.6. The highest BCUT2D eigenvalue weighted by atomic mass is 32.2. The van der Waals surface area contributed by atoms with E-state index in [1.807, 2.05) is 0 Å². The van der Waals surface area contributed by atoms with Crippen molar-refractivity contribution in [2.45, 2.75) is 17.9 Å². The van der Waals surface area contributed by atoms with E-state index in [-0.39, 0.29) is 11.5 Å². The average molecular weight is 399 g/mol. The van der Waals surface area contributed by atoms with Gasteiger partial charge >= 0.3 is 12.0 Å². The lowest BCUT2D eigenvalue weighted by Gasteiger charge is -2.17. The van der Waals surface area contributed by atoms with Crippen molar-refractivity contribution in [1.82, 2.24) is 5.32 Å². The highest BCUT2D eigenvalue weighted by molar-refractivity contribution is 8.00. The number of ether oxygens (including phenoxy) is 1. The van der Waals surface area contributed by atoms with Gasteiger partial charge in [-0.3, -0.25) is 14.9 Å².